The monoisotopic (exact) mass is 448 g/mol. The van der Waals surface area contributed by atoms with Crippen LogP contribution in [0.1, 0.15) is 30.5 Å². The highest BCUT2D eigenvalue weighted by atomic mass is 79.9. The summed E-state index contributed by atoms with van der Waals surface area (Å²) in [6.45, 7) is 6.58. The largest absolute Gasteiger partial charge is 0.494 e. The third-order valence-electron chi connectivity index (χ3n) is 5.03. The number of nitrogens with one attached hydrogen (secondary N) is 1. The number of rotatable bonds is 7. The number of benzene rings is 2. The number of nitrogens with zero attached hydrogens (tertiary/aromatic N) is 1. The van der Waals surface area contributed by atoms with Crippen molar-refractivity contribution in [1.29, 1.82) is 0 Å². The third kappa shape index (κ3) is 4.62. The molecule has 2 aromatic carbocycles. The summed E-state index contributed by atoms with van der Waals surface area (Å²) in [5, 5.41) is 3.50. The maximum atomic E-state index is 6.01. The topological polar surface area (TPSA) is 43.0 Å². The van der Waals surface area contributed by atoms with E-state index in [1.54, 1.807) is 14.2 Å². The van der Waals surface area contributed by atoms with Crippen molar-refractivity contribution in [3.05, 3.63) is 52.0 Å². The number of para-hydroxylation sites is 1. The maximum Gasteiger partial charge on any atom is 0.165 e. The molecule has 1 aliphatic heterocycles. The molecule has 1 fully saturated rings. The number of halogens is 1. The van der Waals surface area contributed by atoms with Crippen LogP contribution in [-0.2, 0) is 0 Å². The van der Waals surface area contributed by atoms with Gasteiger partial charge in [0.15, 0.2) is 11.5 Å². The van der Waals surface area contributed by atoms with Crippen LogP contribution in [0.5, 0.6) is 17.2 Å². The van der Waals surface area contributed by atoms with Crippen molar-refractivity contribution in [2.24, 2.45) is 0 Å². The number of hydrogen-bond donors (Lipinski definition) is 1. The van der Waals surface area contributed by atoms with E-state index in [4.69, 9.17) is 14.2 Å². The first-order valence-corrected chi connectivity index (χ1v) is 10.6. The Labute approximate surface area is 176 Å². The predicted molar refractivity (Wildman–Crippen MR) is 116 cm³/mol. The van der Waals surface area contributed by atoms with Crippen molar-refractivity contribution in [2.75, 3.05) is 47.0 Å². The minimum atomic E-state index is 0.00370. The molecule has 0 saturated carbocycles. The molecule has 3 rings (SSSR count). The van der Waals surface area contributed by atoms with Gasteiger partial charge in [-0.25, -0.2) is 0 Å². The molecule has 2 aromatic rings. The zero-order valence-electron chi connectivity index (χ0n) is 16.8. The predicted octanol–water partition coefficient (Wildman–Crippen LogP) is 4.25. The molecule has 28 heavy (non-hydrogen) atoms. The van der Waals surface area contributed by atoms with Crippen LogP contribution in [0.2, 0.25) is 0 Å². The van der Waals surface area contributed by atoms with Crippen molar-refractivity contribution in [3.8, 4) is 17.2 Å². The van der Waals surface area contributed by atoms with Crippen LogP contribution < -0.4 is 19.5 Å². The molecule has 0 spiro atoms. The quantitative estimate of drug-likeness (QED) is 0.685. The molecule has 6 heteroatoms. The Hall–Kier alpha value is -1.76. The molecule has 1 aliphatic rings. The normalized spacial score (nSPS) is 16.3. The fourth-order valence-corrected chi connectivity index (χ4v) is 4.21. The highest BCUT2D eigenvalue weighted by molar-refractivity contribution is 9.10. The lowest BCUT2D eigenvalue weighted by Crippen LogP contribution is -2.33. The van der Waals surface area contributed by atoms with E-state index >= 15 is 0 Å². The van der Waals surface area contributed by atoms with E-state index in [-0.39, 0.29) is 6.04 Å². The van der Waals surface area contributed by atoms with Crippen molar-refractivity contribution in [2.45, 2.75) is 19.4 Å². The lowest BCUT2D eigenvalue weighted by molar-refractivity contribution is 0.227. The summed E-state index contributed by atoms with van der Waals surface area (Å²) in [5.41, 5.74) is 2.22. The van der Waals surface area contributed by atoms with Crippen molar-refractivity contribution < 1.29 is 14.2 Å². The van der Waals surface area contributed by atoms with Crippen molar-refractivity contribution in [1.82, 2.24) is 10.2 Å². The van der Waals surface area contributed by atoms with Gasteiger partial charge in [0.2, 0.25) is 0 Å². The Balaban J connectivity index is 2.18. The van der Waals surface area contributed by atoms with E-state index in [0.717, 1.165) is 65.4 Å². The van der Waals surface area contributed by atoms with E-state index in [2.05, 4.69) is 38.3 Å². The molecule has 1 saturated heterocycles. The second-order valence-electron chi connectivity index (χ2n) is 6.74. The Kier molecular flexibility index (Phi) is 7.59. The van der Waals surface area contributed by atoms with Gasteiger partial charge in [-0.05, 0) is 44.2 Å². The van der Waals surface area contributed by atoms with Gasteiger partial charge >= 0.3 is 0 Å². The zero-order chi connectivity index (χ0) is 19.9. The molecule has 1 atom stereocenters. The van der Waals surface area contributed by atoms with Gasteiger partial charge in [-0.2, -0.15) is 0 Å². The average molecular weight is 449 g/mol. The van der Waals surface area contributed by atoms with E-state index in [1.165, 1.54) is 0 Å². The Morgan fingerprint density at radius 3 is 2.64 bits per heavy atom. The van der Waals surface area contributed by atoms with E-state index < -0.39 is 0 Å². The van der Waals surface area contributed by atoms with Gasteiger partial charge in [0.1, 0.15) is 5.75 Å². The fourth-order valence-electron chi connectivity index (χ4n) is 3.83. The highest BCUT2D eigenvalue weighted by Gasteiger charge is 2.30. The molecule has 0 amide bonds. The lowest BCUT2D eigenvalue weighted by Gasteiger charge is -2.33. The van der Waals surface area contributed by atoms with E-state index in [1.807, 2.05) is 31.2 Å². The van der Waals surface area contributed by atoms with Crippen LogP contribution in [0, 0.1) is 0 Å². The van der Waals surface area contributed by atoms with E-state index in [9.17, 15) is 0 Å². The summed E-state index contributed by atoms with van der Waals surface area (Å²) >= 11 is 3.65. The van der Waals surface area contributed by atoms with E-state index in [0.29, 0.717) is 6.61 Å². The fraction of sp³-hybridized carbons (Fsp3) is 0.455. The number of ether oxygens (including phenoxy) is 3. The van der Waals surface area contributed by atoms with Gasteiger partial charge in [0.25, 0.3) is 0 Å². The average Bonchev–Trinajstić information content (AvgIpc) is 2.99. The number of methoxy groups -OCH3 is 2. The molecule has 0 aromatic heterocycles. The first kappa shape index (κ1) is 21.0. The van der Waals surface area contributed by atoms with Crippen molar-refractivity contribution in [3.63, 3.8) is 0 Å². The smallest absolute Gasteiger partial charge is 0.165 e. The minimum absolute atomic E-state index is 0.00370. The molecular formula is C22H29BrN2O3. The summed E-state index contributed by atoms with van der Waals surface area (Å²) in [4.78, 5) is 2.50. The second-order valence-corrected chi connectivity index (χ2v) is 7.66. The van der Waals surface area contributed by atoms with Crippen LogP contribution in [-0.4, -0.2) is 51.9 Å². The molecule has 152 valence electrons. The van der Waals surface area contributed by atoms with Crippen molar-refractivity contribution >= 4 is 15.9 Å². The summed E-state index contributed by atoms with van der Waals surface area (Å²) in [6, 6.07) is 12.3. The van der Waals surface area contributed by atoms with Gasteiger partial charge in [0, 0.05) is 35.2 Å². The van der Waals surface area contributed by atoms with Crippen LogP contribution in [0.15, 0.2) is 40.9 Å². The SMILES string of the molecule is CCOc1ccc(Br)cc1C(c1cccc(OC)c1OC)N1CCCNCC1. The Morgan fingerprint density at radius 1 is 1.04 bits per heavy atom. The summed E-state index contributed by atoms with van der Waals surface area (Å²) in [7, 11) is 3.38. The molecule has 1 N–H and O–H groups in total. The lowest BCUT2D eigenvalue weighted by atomic mass is 9.94. The zero-order valence-corrected chi connectivity index (χ0v) is 18.4. The standard InChI is InChI=1S/C22H29BrN2O3/c1-4-28-19-10-9-16(23)15-18(19)21(25-13-6-11-24-12-14-25)17-7-5-8-20(26-2)22(17)27-3/h5,7-10,15,21,24H,4,6,11-14H2,1-3H3. The van der Waals surface area contributed by atoms with Gasteiger partial charge in [-0.1, -0.05) is 28.1 Å². The highest BCUT2D eigenvalue weighted by Crippen LogP contribution is 2.43. The summed E-state index contributed by atoms with van der Waals surface area (Å²) in [6.07, 6.45) is 1.10. The molecule has 1 unspecified atom stereocenters. The molecule has 0 aliphatic carbocycles. The molecule has 0 radical (unpaired) electrons. The van der Waals surface area contributed by atoms with Gasteiger partial charge < -0.3 is 19.5 Å². The van der Waals surface area contributed by atoms with Crippen LogP contribution >= 0.6 is 15.9 Å². The molecular weight excluding hydrogens is 420 g/mol. The summed E-state index contributed by atoms with van der Waals surface area (Å²) < 4.78 is 18.4. The van der Waals surface area contributed by atoms with Gasteiger partial charge in [0.05, 0.1) is 26.9 Å². The molecule has 5 nitrogen and oxygen atoms in total. The Bertz CT molecular complexity index is 776. The number of hydrogen-bond acceptors (Lipinski definition) is 5. The molecule has 1 heterocycles. The first-order chi connectivity index (χ1) is 13.7. The van der Waals surface area contributed by atoms with Crippen LogP contribution in [0.25, 0.3) is 0 Å². The van der Waals surface area contributed by atoms with Crippen LogP contribution in [0.3, 0.4) is 0 Å². The third-order valence-corrected chi connectivity index (χ3v) is 5.53. The van der Waals surface area contributed by atoms with Gasteiger partial charge in [-0.3, -0.25) is 4.90 Å². The van der Waals surface area contributed by atoms with Gasteiger partial charge in [-0.15, -0.1) is 0 Å². The maximum absolute atomic E-state index is 6.01. The Morgan fingerprint density at radius 2 is 1.89 bits per heavy atom. The minimum Gasteiger partial charge on any atom is -0.494 e. The van der Waals surface area contributed by atoms with Crippen LogP contribution in [0.4, 0.5) is 0 Å². The summed E-state index contributed by atoms with van der Waals surface area (Å²) in [5.74, 6) is 2.42. The molecule has 0 bridgehead atoms. The second kappa shape index (κ2) is 10.1. The first-order valence-electron chi connectivity index (χ1n) is 9.77.